The number of allylic oxidation sites excluding steroid dienone is 2. The molecule has 0 aliphatic carbocycles. The number of nitro groups is 1. The highest BCUT2D eigenvalue weighted by Gasteiger charge is 2.33. The number of thiazole rings is 1. The monoisotopic (exact) mass is 565 g/mol. The van der Waals surface area contributed by atoms with E-state index in [0.29, 0.717) is 49.0 Å². The Morgan fingerprint density at radius 3 is 2.68 bits per heavy atom. The van der Waals surface area contributed by atoms with Crippen molar-refractivity contribution in [3.05, 3.63) is 125 Å². The van der Waals surface area contributed by atoms with Gasteiger partial charge in [-0.15, -0.1) is 0 Å². The van der Waals surface area contributed by atoms with E-state index in [0.717, 1.165) is 10.8 Å². The van der Waals surface area contributed by atoms with E-state index in [2.05, 4.69) is 4.99 Å². The van der Waals surface area contributed by atoms with Crippen molar-refractivity contribution in [3.63, 3.8) is 0 Å². The SMILES string of the molecule is COc1ccc2ccccc2c1[C@H]1C(C(C)=O)=C(C)N=c2s/c(=C/c3ccc(-c4cccc([N+](=O)[O-])c4)o3)c(=O)n21. The van der Waals surface area contributed by atoms with Gasteiger partial charge in [-0.2, -0.15) is 0 Å². The van der Waals surface area contributed by atoms with Crippen LogP contribution in [0, 0.1) is 10.1 Å². The number of nitrogens with zero attached hydrogens (tertiary/aromatic N) is 3. The van der Waals surface area contributed by atoms with Crippen LogP contribution in [0.25, 0.3) is 28.2 Å². The maximum atomic E-state index is 14.0. The van der Waals surface area contributed by atoms with Crippen LogP contribution in [0.1, 0.15) is 31.2 Å². The second-order valence-corrected chi connectivity index (χ2v) is 10.6. The van der Waals surface area contributed by atoms with E-state index in [1.54, 1.807) is 48.9 Å². The predicted octanol–water partition coefficient (Wildman–Crippen LogP) is 5.15. The number of hydrogen-bond acceptors (Lipinski definition) is 8. The zero-order chi connectivity index (χ0) is 28.8. The molecule has 41 heavy (non-hydrogen) atoms. The predicted molar refractivity (Wildman–Crippen MR) is 156 cm³/mol. The first-order valence-electron chi connectivity index (χ1n) is 12.7. The largest absolute Gasteiger partial charge is 0.496 e. The van der Waals surface area contributed by atoms with Gasteiger partial charge in [0.15, 0.2) is 10.6 Å². The molecule has 3 heterocycles. The number of Topliss-reactive ketones (excluding diaryl/α,β-unsaturated/α-hetero) is 1. The number of benzene rings is 3. The fourth-order valence-electron chi connectivity index (χ4n) is 5.27. The van der Waals surface area contributed by atoms with Crippen LogP contribution in [0.5, 0.6) is 5.75 Å². The Bertz CT molecular complexity index is 2100. The fraction of sp³-hybridized carbons (Fsp3) is 0.129. The van der Waals surface area contributed by atoms with Gasteiger partial charge in [-0.05, 0) is 42.8 Å². The highest BCUT2D eigenvalue weighted by atomic mass is 32.1. The van der Waals surface area contributed by atoms with Crippen molar-refractivity contribution in [2.75, 3.05) is 7.11 Å². The number of hydrogen-bond donors (Lipinski definition) is 0. The third-order valence-electron chi connectivity index (χ3n) is 7.07. The zero-order valence-corrected chi connectivity index (χ0v) is 23.1. The van der Waals surface area contributed by atoms with E-state index >= 15 is 0 Å². The minimum Gasteiger partial charge on any atom is -0.496 e. The van der Waals surface area contributed by atoms with Gasteiger partial charge in [-0.1, -0.05) is 53.8 Å². The van der Waals surface area contributed by atoms with Gasteiger partial charge >= 0.3 is 0 Å². The Morgan fingerprint density at radius 1 is 1.12 bits per heavy atom. The second kappa shape index (κ2) is 10.1. The number of carbonyl (C=O) groups excluding carboxylic acids is 1. The first-order valence-corrected chi connectivity index (χ1v) is 13.5. The Morgan fingerprint density at radius 2 is 1.93 bits per heavy atom. The second-order valence-electron chi connectivity index (χ2n) is 9.55. The lowest BCUT2D eigenvalue weighted by Gasteiger charge is -2.27. The number of aromatic nitrogens is 1. The molecular weight excluding hydrogens is 542 g/mol. The zero-order valence-electron chi connectivity index (χ0n) is 22.3. The van der Waals surface area contributed by atoms with Crippen LogP contribution in [0.2, 0.25) is 0 Å². The lowest BCUT2D eigenvalue weighted by atomic mass is 9.89. The van der Waals surface area contributed by atoms with Crippen LogP contribution in [0.4, 0.5) is 5.69 Å². The molecule has 0 saturated heterocycles. The molecule has 0 fully saturated rings. The number of methoxy groups -OCH3 is 1. The Balaban J connectivity index is 1.54. The summed E-state index contributed by atoms with van der Waals surface area (Å²) in [6, 6.07) is 20.4. The van der Waals surface area contributed by atoms with Crippen LogP contribution in [0.15, 0.2) is 98.3 Å². The summed E-state index contributed by atoms with van der Waals surface area (Å²) in [6.07, 6.45) is 1.62. The third-order valence-corrected chi connectivity index (χ3v) is 8.05. The molecule has 0 N–H and O–H groups in total. The van der Waals surface area contributed by atoms with Crippen LogP contribution in [-0.2, 0) is 4.79 Å². The quantitative estimate of drug-likeness (QED) is 0.208. The van der Waals surface area contributed by atoms with Gasteiger partial charge in [-0.25, -0.2) is 4.99 Å². The first-order chi connectivity index (χ1) is 19.8. The average molecular weight is 566 g/mol. The molecule has 10 heteroatoms. The Kier molecular flexibility index (Phi) is 6.47. The molecule has 9 nitrogen and oxygen atoms in total. The van der Waals surface area contributed by atoms with E-state index in [4.69, 9.17) is 9.15 Å². The van der Waals surface area contributed by atoms with Crippen molar-refractivity contribution in [2.45, 2.75) is 19.9 Å². The highest BCUT2D eigenvalue weighted by molar-refractivity contribution is 7.07. The van der Waals surface area contributed by atoms with Crippen LogP contribution in [0.3, 0.4) is 0 Å². The van der Waals surface area contributed by atoms with Gasteiger partial charge in [0.05, 0.1) is 22.6 Å². The molecule has 0 bridgehead atoms. The van der Waals surface area contributed by atoms with E-state index in [-0.39, 0.29) is 17.0 Å². The summed E-state index contributed by atoms with van der Waals surface area (Å²) in [5.74, 6) is 1.21. The first kappa shape index (κ1) is 26.1. The maximum absolute atomic E-state index is 14.0. The summed E-state index contributed by atoms with van der Waals surface area (Å²) in [6.45, 7) is 3.25. The average Bonchev–Trinajstić information content (AvgIpc) is 3.55. The van der Waals surface area contributed by atoms with Gasteiger partial charge in [0, 0.05) is 40.6 Å². The van der Waals surface area contributed by atoms with Gasteiger partial charge in [0.2, 0.25) is 0 Å². The van der Waals surface area contributed by atoms with Gasteiger partial charge in [0.1, 0.15) is 17.3 Å². The van der Waals surface area contributed by atoms with E-state index < -0.39 is 11.0 Å². The summed E-state index contributed by atoms with van der Waals surface area (Å²) in [5.41, 5.74) is 1.84. The minimum absolute atomic E-state index is 0.0470. The van der Waals surface area contributed by atoms with E-state index in [1.807, 2.05) is 36.4 Å². The molecule has 0 radical (unpaired) electrons. The molecule has 3 aromatic carbocycles. The standard InChI is InChI=1S/C31H23N3O6S/c1-17-27(18(2)35)29(28-23-10-5-4-7-19(23)11-13-25(28)39-3)33-30(36)26(41-31(33)32-17)16-22-12-14-24(40-22)20-8-6-9-21(15-20)34(37)38/h4-16,29H,1-3H3/b26-16+/t29-/m1/s1. The van der Waals surface area contributed by atoms with Crippen LogP contribution >= 0.6 is 11.3 Å². The summed E-state index contributed by atoms with van der Waals surface area (Å²) in [4.78, 5) is 42.8. The van der Waals surface area contributed by atoms with E-state index in [9.17, 15) is 19.7 Å². The number of carbonyl (C=O) groups is 1. The summed E-state index contributed by atoms with van der Waals surface area (Å²) >= 11 is 1.20. The third kappa shape index (κ3) is 4.48. The number of non-ortho nitro benzene ring substituents is 1. The molecule has 2 aromatic heterocycles. The molecule has 5 aromatic rings. The van der Waals surface area contributed by atoms with Crippen molar-refractivity contribution in [1.29, 1.82) is 0 Å². The molecule has 0 unspecified atom stereocenters. The van der Waals surface area contributed by atoms with Crippen LogP contribution < -0.4 is 19.6 Å². The minimum atomic E-state index is -0.746. The highest BCUT2D eigenvalue weighted by Crippen LogP contribution is 2.40. The normalized spacial score (nSPS) is 15.1. The lowest BCUT2D eigenvalue weighted by molar-refractivity contribution is -0.384. The summed E-state index contributed by atoms with van der Waals surface area (Å²) in [5, 5.41) is 13.0. The number of furan rings is 1. The van der Waals surface area contributed by atoms with Gasteiger partial charge in [0.25, 0.3) is 11.2 Å². The lowest BCUT2D eigenvalue weighted by Crippen LogP contribution is -2.39. The fourth-order valence-corrected chi connectivity index (χ4v) is 6.29. The summed E-state index contributed by atoms with van der Waals surface area (Å²) in [7, 11) is 1.57. The molecule has 0 amide bonds. The van der Waals surface area contributed by atoms with Crippen molar-refractivity contribution in [2.24, 2.45) is 4.99 Å². The topological polar surface area (TPSA) is 117 Å². The van der Waals surface area contributed by atoms with Crippen molar-refractivity contribution >= 4 is 39.7 Å². The molecule has 6 rings (SSSR count). The molecular formula is C31H23N3O6S. The smallest absolute Gasteiger partial charge is 0.271 e. The van der Waals surface area contributed by atoms with Crippen molar-refractivity contribution in [1.82, 2.24) is 4.57 Å². The van der Waals surface area contributed by atoms with Crippen molar-refractivity contribution < 1.29 is 18.9 Å². The Labute approximate surface area is 237 Å². The van der Waals surface area contributed by atoms with E-state index in [1.165, 1.54) is 30.4 Å². The van der Waals surface area contributed by atoms with Crippen molar-refractivity contribution in [3.8, 4) is 17.1 Å². The Hall–Kier alpha value is -5.09. The number of rotatable bonds is 6. The molecule has 0 spiro atoms. The van der Waals surface area contributed by atoms with Gasteiger partial charge < -0.3 is 9.15 Å². The number of fused-ring (bicyclic) bond motifs is 2. The molecule has 204 valence electrons. The molecule has 1 atom stereocenters. The summed E-state index contributed by atoms with van der Waals surface area (Å²) < 4.78 is 13.6. The number of ether oxygens (including phenoxy) is 1. The molecule has 1 aliphatic heterocycles. The molecule has 1 aliphatic rings. The van der Waals surface area contributed by atoms with Gasteiger partial charge in [-0.3, -0.25) is 24.3 Å². The number of nitro benzene ring substituents is 1. The number of ketones is 1. The maximum Gasteiger partial charge on any atom is 0.271 e. The molecule has 0 saturated carbocycles. The van der Waals surface area contributed by atoms with Crippen LogP contribution in [-0.4, -0.2) is 22.4 Å².